The minimum atomic E-state index is -1.05. The number of hydrogen-bond donors (Lipinski definition) is 3. The van der Waals surface area contributed by atoms with Gasteiger partial charge in [-0.1, -0.05) is 47.2 Å². The van der Waals surface area contributed by atoms with Crippen LogP contribution in [0.1, 0.15) is 25.3 Å². The Morgan fingerprint density at radius 1 is 1.23 bits per heavy atom. The van der Waals surface area contributed by atoms with Crippen LogP contribution in [0, 0.1) is 5.82 Å². The minimum Gasteiger partial charge on any atom is -0.481 e. The molecule has 0 aliphatic heterocycles. The summed E-state index contributed by atoms with van der Waals surface area (Å²) >= 11 is 7.21. The van der Waals surface area contributed by atoms with Gasteiger partial charge in [0.1, 0.15) is 11.9 Å². The third-order valence-electron chi connectivity index (χ3n) is 5.27. The number of rotatable bonds is 9. The number of fused-ring (bicyclic) bond motifs is 1. The Morgan fingerprint density at radius 3 is 2.69 bits per heavy atom. The molecule has 0 radical (unpaired) electrons. The number of aromatic nitrogens is 1. The highest BCUT2D eigenvalue weighted by atomic mass is 35.5. The highest BCUT2D eigenvalue weighted by molar-refractivity contribution is 7.22. The lowest BCUT2D eigenvalue weighted by Crippen LogP contribution is -2.49. The van der Waals surface area contributed by atoms with E-state index in [4.69, 9.17) is 21.4 Å². The Hall–Kier alpha value is -3.44. The Morgan fingerprint density at radius 2 is 1.97 bits per heavy atom. The number of carboxylic acids is 1. The number of halogens is 2. The molecule has 0 aliphatic rings. The van der Waals surface area contributed by atoms with Crippen LogP contribution in [-0.2, 0) is 16.1 Å². The largest absolute Gasteiger partial charge is 0.481 e. The van der Waals surface area contributed by atoms with Crippen LogP contribution in [-0.4, -0.2) is 52.3 Å². The third kappa shape index (κ3) is 7.03. The normalized spacial score (nSPS) is 12.6. The van der Waals surface area contributed by atoms with E-state index >= 15 is 0 Å². The van der Waals surface area contributed by atoms with E-state index in [1.54, 1.807) is 13.0 Å². The fraction of sp³-hybridized carbons (Fsp3) is 0.304. The van der Waals surface area contributed by atoms with E-state index < -0.39 is 36.1 Å². The molecule has 0 aliphatic carbocycles. The van der Waals surface area contributed by atoms with Gasteiger partial charge in [0.25, 0.3) is 0 Å². The van der Waals surface area contributed by atoms with E-state index in [1.165, 1.54) is 35.4 Å². The van der Waals surface area contributed by atoms with Crippen molar-refractivity contribution in [3.05, 3.63) is 58.9 Å². The summed E-state index contributed by atoms with van der Waals surface area (Å²) < 4.78 is 20.0. The molecule has 1 unspecified atom stereocenters. The summed E-state index contributed by atoms with van der Waals surface area (Å²) in [4.78, 5) is 41.9. The molecule has 2 aromatic carbocycles. The molecule has 12 heteroatoms. The van der Waals surface area contributed by atoms with Crippen molar-refractivity contribution in [2.24, 2.45) is 0 Å². The van der Waals surface area contributed by atoms with Gasteiger partial charge in [0.05, 0.1) is 21.3 Å². The monoisotopic (exact) mass is 522 g/mol. The number of hydrogen-bond acceptors (Lipinski definition) is 6. The average molecular weight is 523 g/mol. The van der Waals surface area contributed by atoms with Gasteiger partial charge in [-0.05, 0) is 37.1 Å². The first-order chi connectivity index (χ1) is 16.7. The van der Waals surface area contributed by atoms with Crippen molar-refractivity contribution >= 4 is 56.4 Å². The van der Waals surface area contributed by atoms with Crippen molar-refractivity contribution in [3.8, 4) is 0 Å². The zero-order valence-corrected chi connectivity index (χ0v) is 20.5. The first kappa shape index (κ1) is 26.2. The number of nitrogens with zero attached hydrogens (tertiary/aromatic N) is 2. The number of likely N-dealkylation sites (N-methyl/N-ethyl adjacent to an activating group) is 1. The quantitative estimate of drug-likeness (QED) is 0.359. The lowest BCUT2D eigenvalue weighted by molar-refractivity contribution is -0.137. The summed E-state index contributed by atoms with van der Waals surface area (Å²) in [5, 5.41) is 14.6. The van der Waals surface area contributed by atoms with Crippen molar-refractivity contribution in [2.75, 3.05) is 12.4 Å². The number of aliphatic carboxylic acids is 1. The predicted molar refractivity (Wildman–Crippen MR) is 131 cm³/mol. The van der Waals surface area contributed by atoms with Crippen molar-refractivity contribution in [2.45, 2.75) is 38.5 Å². The molecule has 0 saturated heterocycles. The molecule has 0 fully saturated rings. The SMILES string of the molecule is CC(OC(=O)Nc1nc2ccccc2s1)[C@H](CCC(=O)O)N(C)C(=O)NCc1cccc(F)c1Cl. The van der Waals surface area contributed by atoms with Crippen LogP contribution < -0.4 is 10.6 Å². The average Bonchev–Trinajstić information content (AvgIpc) is 3.21. The molecule has 0 saturated carbocycles. The lowest BCUT2D eigenvalue weighted by atomic mass is 10.1. The molecule has 1 heterocycles. The smallest absolute Gasteiger partial charge is 0.413 e. The van der Waals surface area contributed by atoms with E-state index in [-0.39, 0.29) is 24.4 Å². The molecule has 2 atom stereocenters. The molecule has 35 heavy (non-hydrogen) atoms. The van der Waals surface area contributed by atoms with Gasteiger partial charge >= 0.3 is 18.1 Å². The van der Waals surface area contributed by atoms with Gasteiger partial charge in [-0.25, -0.2) is 19.0 Å². The molecule has 186 valence electrons. The Bertz CT molecular complexity index is 1190. The molecule has 9 nitrogen and oxygen atoms in total. The predicted octanol–water partition coefficient (Wildman–Crippen LogP) is 5.10. The molecule has 0 spiro atoms. The summed E-state index contributed by atoms with van der Waals surface area (Å²) in [5.74, 6) is -1.66. The van der Waals surface area contributed by atoms with Crippen LogP contribution in [0.4, 0.5) is 19.1 Å². The topological polar surface area (TPSA) is 121 Å². The van der Waals surface area contributed by atoms with Crippen molar-refractivity contribution in [1.29, 1.82) is 0 Å². The fourth-order valence-electron chi connectivity index (χ4n) is 3.44. The maximum atomic E-state index is 13.6. The Balaban J connectivity index is 1.64. The zero-order valence-electron chi connectivity index (χ0n) is 19.0. The summed E-state index contributed by atoms with van der Waals surface area (Å²) in [6.45, 7) is 1.52. The second-order valence-electron chi connectivity index (χ2n) is 7.70. The van der Waals surface area contributed by atoms with Crippen LogP contribution in [0.2, 0.25) is 5.02 Å². The number of benzene rings is 2. The molecular formula is C23H24ClFN4O5S. The summed E-state index contributed by atoms with van der Waals surface area (Å²) in [5.41, 5.74) is 1.12. The number of para-hydroxylation sites is 1. The molecule has 3 N–H and O–H groups in total. The second-order valence-corrected chi connectivity index (χ2v) is 9.11. The highest BCUT2D eigenvalue weighted by Crippen LogP contribution is 2.26. The molecule has 3 rings (SSSR count). The van der Waals surface area contributed by atoms with E-state index in [1.807, 2.05) is 24.3 Å². The van der Waals surface area contributed by atoms with Gasteiger partial charge in [0, 0.05) is 20.0 Å². The van der Waals surface area contributed by atoms with Crippen LogP contribution in [0.15, 0.2) is 42.5 Å². The van der Waals surface area contributed by atoms with Crippen molar-refractivity contribution in [1.82, 2.24) is 15.2 Å². The molecule has 3 amide bonds. The number of urea groups is 1. The third-order valence-corrected chi connectivity index (χ3v) is 6.65. The van der Waals surface area contributed by atoms with Gasteiger partial charge in [-0.3, -0.25) is 10.1 Å². The molecular weight excluding hydrogens is 499 g/mol. The van der Waals surface area contributed by atoms with Crippen LogP contribution in [0.25, 0.3) is 10.2 Å². The number of carbonyl (C=O) groups excluding carboxylic acids is 2. The number of thiazole rings is 1. The van der Waals surface area contributed by atoms with Crippen LogP contribution >= 0.6 is 22.9 Å². The number of carbonyl (C=O) groups is 3. The maximum absolute atomic E-state index is 13.6. The number of ether oxygens (including phenoxy) is 1. The summed E-state index contributed by atoms with van der Waals surface area (Å²) in [7, 11) is 1.46. The standard InChI is InChI=1S/C23H24ClFN4O5S/c1-13(34-23(33)28-21-27-16-8-3-4-9-18(16)35-21)17(10-11-19(30)31)29(2)22(32)26-12-14-6-5-7-15(25)20(14)24/h3-9,13,17H,10-12H2,1-2H3,(H,26,32)(H,30,31)(H,27,28,33)/t13?,17-/m0/s1. The van der Waals surface area contributed by atoms with Crippen molar-refractivity contribution < 1.29 is 28.6 Å². The van der Waals surface area contributed by atoms with Gasteiger partial charge in [0.2, 0.25) is 0 Å². The van der Waals surface area contributed by atoms with Crippen LogP contribution in [0.5, 0.6) is 0 Å². The summed E-state index contributed by atoms with van der Waals surface area (Å²) in [6, 6.07) is 10.3. The second kappa shape index (κ2) is 11.8. The molecule has 0 bridgehead atoms. The minimum absolute atomic E-state index is 0.0373. The highest BCUT2D eigenvalue weighted by Gasteiger charge is 2.29. The van der Waals surface area contributed by atoms with E-state index in [9.17, 15) is 18.8 Å². The zero-order chi connectivity index (χ0) is 25.5. The number of nitrogens with one attached hydrogen (secondary N) is 2. The Labute approximate surface area is 209 Å². The van der Waals surface area contributed by atoms with E-state index in [0.717, 1.165) is 10.2 Å². The van der Waals surface area contributed by atoms with Crippen LogP contribution in [0.3, 0.4) is 0 Å². The number of anilines is 1. The summed E-state index contributed by atoms with van der Waals surface area (Å²) in [6.07, 6.45) is -1.84. The number of carboxylic acid groups (broad SMARTS) is 1. The first-order valence-electron chi connectivity index (χ1n) is 10.6. The van der Waals surface area contributed by atoms with Crippen molar-refractivity contribution in [3.63, 3.8) is 0 Å². The molecule has 1 aromatic heterocycles. The lowest BCUT2D eigenvalue weighted by Gasteiger charge is -2.32. The van der Waals surface area contributed by atoms with Gasteiger partial charge in [0.15, 0.2) is 5.13 Å². The van der Waals surface area contributed by atoms with Gasteiger partial charge < -0.3 is 20.1 Å². The van der Waals surface area contributed by atoms with E-state index in [2.05, 4.69) is 15.6 Å². The van der Waals surface area contributed by atoms with E-state index in [0.29, 0.717) is 10.7 Å². The Kier molecular flexibility index (Phi) is 8.83. The first-order valence-corrected chi connectivity index (χ1v) is 11.8. The fourth-order valence-corrected chi connectivity index (χ4v) is 4.48. The molecule has 3 aromatic rings. The van der Waals surface area contributed by atoms with Gasteiger partial charge in [-0.15, -0.1) is 0 Å². The number of amides is 3. The van der Waals surface area contributed by atoms with Gasteiger partial charge in [-0.2, -0.15) is 0 Å². The maximum Gasteiger partial charge on any atom is 0.413 e.